The van der Waals surface area contributed by atoms with E-state index < -0.39 is 22.0 Å². The Balaban J connectivity index is 1.73. The summed E-state index contributed by atoms with van der Waals surface area (Å²) in [6.45, 7) is 1.74. The number of hydrogen-bond donors (Lipinski definition) is 1. The summed E-state index contributed by atoms with van der Waals surface area (Å²) < 4.78 is 27.6. The van der Waals surface area contributed by atoms with E-state index in [0.29, 0.717) is 5.02 Å². The molecule has 3 aromatic rings. The number of nitrogens with zero attached hydrogens (tertiary/aromatic N) is 3. The molecule has 2 aromatic carbocycles. The third kappa shape index (κ3) is 5.13. The van der Waals surface area contributed by atoms with Gasteiger partial charge in [-0.1, -0.05) is 35.3 Å². The first-order chi connectivity index (χ1) is 14.2. The van der Waals surface area contributed by atoms with Gasteiger partial charge in [-0.05, 0) is 42.8 Å². The van der Waals surface area contributed by atoms with E-state index in [1.54, 1.807) is 18.6 Å². The lowest BCUT2D eigenvalue weighted by Gasteiger charge is -2.29. The van der Waals surface area contributed by atoms with Gasteiger partial charge < -0.3 is 9.88 Å². The van der Waals surface area contributed by atoms with Gasteiger partial charge in [0.05, 0.1) is 23.3 Å². The molecule has 0 saturated heterocycles. The lowest BCUT2D eigenvalue weighted by atomic mass is 10.2. The molecule has 1 atom stereocenters. The van der Waals surface area contributed by atoms with E-state index in [-0.39, 0.29) is 17.3 Å². The predicted molar refractivity (Wildman–Crippen MR) is 119 cm³/mol. The number of carbonyl (C=O) groups excluding carboxylic acids is 1. The average Bonchev–Trinajstić information content (AvgIpc) is 3.23. The highest BCUT2D eigenvalue weighted by Crippen LogP contribution is 2.32. The van der Waals surface area contributed by atoms with Gasteiger partial charge in [0.15, 0.2) is 0 Å². The van der Waals surface area contributed by atoms with Crippen LogP contribution in [-0.2, 0) is 21.4 Å². The van der Waals surface area contributed by atoms with Gasteiger partial charge >= 0.3 is 0 Å². The summed E-state index contributed by atoms with van der Waals surface area (Å²) in [6.07, 6.45) is 6.23. The zero-order valence-corrected chi connectivity index (χ0v) is 18.6. The van der Waals surface area contributed by atoms with Crippen LogP contribution >= 0.6 is 23.2 Å². The normalized spacial score (nSPS) is 12.4. The van der Waals surface area contributed by atoms with E-state index in [9.17, 15) is 13.2 Å². The van der Waals surface area contributed by atoms with Crippen LogP contribution in [0.25, 0.3) is 5.69 Å². The Labute approximate surface area is 185 Å². The minimum Gasteiger partial charge on any atom is -0.350 e. The number of sulfonamides is 1. The molecule has 0 aliphatic carbocycles. The number of hydrogen-bond acceptors (Lipinski definition) is 4. The third-order valence-corrected chi connectivity index (χ3v) is 6.22. The van der Waals surface area contributed by atoms with Crippen molar-refractivity contribution in [3.8, 4) is 5.69 Å². The number of aromatic nitrogens is 2. The zero-order chi connectivity index (χ0) is 21.9. The van der Waals surface area contributed by atoms with Crippen LogP contribution in [0, 0.1) is 0 Å². The highest BCUT2D eigenvalue weighted by atomic mass is 35.5. The molecule has 1 heterocycles. The quantitative estimate of drug-likeness (QED) is 0.575. The Hall–Kier alpha value is -2.55. The standard InChI is InChI=1S/C20H20Cl2N4O3S/c1-14(26(30(2,28)29)19-11-16(21)5-8-18(19)22)20(27)24-12-15-3-6-17(7-4-15)25-10-9-23-13-25/h3-11,13-14H,12H2,1-2H3,(H,24,27)/t14-/m0/s1. The minimum atomic E-state index is -3.79. The molecule has 7 nitrogen and oxygen atoms in total. The van der Waals surface area contributed by atoms with Gasteiger partial charge in [-0.25, -0.2) is 13.4 Å². The molecule has 0 aliphatic heterocycles. The summed E-state index contributed by atoms with van der Waals surface area (Å²) in [7, 11) is -3.79. The van der Waals surface area contributed by atoms with Gasteiger partial charge in [-0.15, -0.1) is 0 Å². The summed E-state index contributed by atoms with van der Waals surface area (Å²) in [4.78, 5) is 16.7. The van der Waals surface area contributed by atoms with E-state index in [1.807, 2.05) is 35.0 Å². The van der Waals surface area contributed by atoms with Crippen LogP contribution < -0.4 is 9.62 Å². The lowest BCUT2D eigenvalue weighted by molar-refractivity contribution is -0.122. The number of rotatable bonds is 7. The van der Waals surface area contributed by atoms with E-state index in [4.69, 9.17) is 23.2 Å². The number of carbonyl (C=O) groups is 1. The van der Waals surface area contributed by atoms with Crippen LogP contribution in [-0.4, -0.2) is 36.2 Å². The summed E-state index contributed by atoms with van der Waals surface area (Å²) in [6, 6.07) is 11.0. The fourth-order valence-corrected chi connectivity index (χ4v) is 4.57. The maximum absolute atomic E-state index is 12.7. The number of nitrogens with one attached hydrogen (secondary N) is 1. The molecule has 1 amide bonds. The molecule has 3 rings (SSSR count). The van der Waals surface area contributed by atoms with E-state index in [2.05, 4.69) is 10.3 Å². The average molecular weight is 467 g/mol. The largest absolute Gasteiger partial charge is 0.350 e. The second-order valence-corrected chi connectivity index (χ2v) is 9.39. The summed E-state index contributed by atoms with van der Waals surface area (Å²) in [5.74, 6) is -0.463. The summed E-state index contributed by atoms with van der Waals surface area (Å²) in [5, 5.41) is 3.26. The Morgan fingerprint density at radius 1 is 1.20 bits per heavy atom. The van der Waals surface area contributed by atoms with Crippen LogP contribution in [0.2, 0.25) is 10.0 Å². The molecule has 1 N–H and O–H groups in total. The van der Waals surface area contributed by atoms with Crippen molar-refractivity contribution in [3.05, 3.63) is 76.8 Å². The van der Waals surface area contributed by atoms with Crippen molar-refractivity contribution >= 4 is 44.8 Å². The Kier molecular flexibility index (Phi) is 6.70. The van der Waals surface area contributed by atoms with E-state index in [0.717, 1.165) is 21.8 Å². The van der Waals surface area contributed by atoms with Crippen molar-refractivity contribution in [1.29, 1.82) is 0 Å². The summed E-state index contributed by atoms with van der Waals surface area (Å²) >= 11 is 12.2. The van der Waals surface area contributed by atoms with Gasteiger partial charge in [-0.2, -0.15) is 0 Å². The SMILES string of the molecule is C[C@@H](C(=O)NCc1ccc(-n2ccnc2)cc1)N(c1cc(Cl)ccc1Cl)S(C)(=O)=O. The molecule has 0 fully saturated rings. The van der Waals surface area contributed by atoms with Gasteiger partial charge in [-0.3, -0.25) is 9.10 Å². The highest BCUT2D eigenvalue weighted by molar-refractivity contribution is 7.92. The highest BCUT2D eigenvalue weighted by Gasteiger charge is 2.30. The van der Waals surface area contributed by atoms with E-state index in [1.165, 1.54) is 19.1 Å². The smallest absolute Gasteiger partial charge is 0.243 e. The Bertz CT molecular complexity index is 1130. The molecule has 0 saturated carbocycles. The first kappa shape index (κ1) is 22.1. The molecular weight excluding hydrogens is 447 g/mol. The van der Waals surface area contributed by atoms with Crippen molar-refractivity contribution in [2.24, 2.45) is 0 Å². The molecule has 1 aromatic heterocycles. The molecule has 0 aliphatic rings. The fourth-order valence-electron chi connectivity index (χ4n) is 2.97. The molecule has 0 radical (unpaired) electrons. The van der Waals surface area contributed by atoms with Crippen molar-refractivity contribution in [2.75, 3.05) is 10.6 Å². The second kappa shape index (κ2) is 9.07. The van der Waals surface area contributed by atoms with Crippen molar-refractivity contribution in [1.82, 2.24) is 14.9 Å². The van der Waals surface area contributed by atoms with Crippen LogP contribution in [0.3, 0.4) is 0 Å². The third-order valence-electron chi connectivity index (χ3n) is 4.44. The molecule has 10 heteroatoms. The van der Waals surface area contributed by atoms with Gasteiger partial charge in [0.1, 0.15) is 6.04 Å². The van der Waals surface area contributed by atoms with Crippen molar-refractivity contribution in [3.63, 3.8) is 0 Å². The molecule has 0 bridgehead atoms. The van der Waals surface area contributed by atoms with Crippen LogP contribution in [0.5, 0.6) is 0 Å². The number of amides is 1. The van der Waals surface area contributed by atoms with Crippen molar-refractivity contribution < 1.29 is 13.2 Å². The minimum absolute atomic E-state index is 0.152. The monoisotopic (exact) mass is 466 g/mol. The zero-order valence-electron chi connectivity index (χ0n) is 16.3. The Morgan fingerprint density at radius 2 is 1.90 bits per heavy atom. The maximum Gasteiger partial charge on any atom is 0.243 e. The van der Waals surface area contributed by atoms with E-state index >= 15 is 0 Å². The molecule has 158 valence electrons. The number of imidazole rings is 1. The number of benzene rings is 2. The molecule has 0 spiro atoms. The van der Waals surface area contributed by atoms with Gasteiger partial charge in [0.25, 0.3) is 0 Å². The summed E-state index contributed by atoms with van der Waals surface area (Å²) in [5.41, 5.74) is 1.96. The first-order valence-corrected chi connectivity index (χ1v) is 11.6. The molecule has 0 unspecified atom stereocenters. The van der Waals surface area contributed by atoms with Crippen LogP contribution in [0.15, 0.2) is 61.2 Å². The van der Waals surface area contributed by atoms with Crippen molar-refractivity contribution in [2.45, 2.75) is 19.5 Å². The molecule has 30 heavy (non-hydrogen) atoms. The van der Waals surface area contributed by atoms with Gasteiger partial charge in [0, 0.05) is 29.6 Å². The lowest BCUT2D eigenvalue weighted by Crippen LogP contribution is -2.47. The second-order valence-electron chi connectivity index (χ2n) is 6.68. The molecular formula is C20H20Cl2N4O3S. The number of halogens is 2. The maximum atomic E-state index is 12.7. The fraction of sp³-hybridized carbons (Fsp3) is 0.200. The topological polar surface area (TPSA) is 84.3 Å². The number of anilines is 1. The Morgan fingerprint density at radius 3 is 2.50 bits per heavy atom. The van der Waals surface area contributed by atoms with Gasteiger partial charge in [0.2, 0.25) is 15.9 Å². The van der Waals surface area contributed by atoms with Crippen LogP contribution in [0.1, 0.15) is 12.5 Å². The van der Waals surface area contributed by atoms with Crippen LogP contribution in [0.4, 0.5) is 5.69 Å². The predicted octanol–water partition coefficient (Wildman–Crippen LogP) is 3.65. The first-order valence-electron chi connectivity index (χ1n) is 8.96.